The molecule has 3 aromatic carbocycles. The molecule has 270 valence electrons. The molecule has 0 fully saturated rings. The second-order valence-corrected chi connectivity index (χ2v) is 15.2. The van der Waals surface area contributed by atoms with Crippen molar-refractivity contribution in [2.24, 2.45) is 7.05 Å². The smallest absolute Gasteiger partial charge is 0.352 e. The second-order valence-electron chi connectivity index (χ2n) is 14.4. The quantitative estimate of drug-likeness (QED) is 0.144. The van der Waals surface area contributed by atoms with Gasteiger partial charge in [0.2, 0.25) is 0 Å². The number of carbonyl (C=O) groups is 2. The summed E-state index contributed by atoms with van der Waals surface area (Å²) in [6.07, 6.45) is 1.24. The molecule has 0 unspecified atom stereocenters. The van der Waals surface area contributed by atoms with E-state index < -0.39 is 5.97 Å². The minimum absolute atomic E-state index is 0.0806. The van der Waals surface area contributed by atoms with E-state index in [9.17, 15) is 9.90 Å². The molecule has 0 saturated carbocycles. The van der Waals surface area contributed by atoms with Crippen molar-refractivity contribution in [3.8, 4) is 16.9 Å². The van der Waals surface area contributed by atoms with Gasteiger partial charge < -0.3 is 24.3 Å². The number of aromatic nitrogens is 4. The molecule has 0 radical (unpaired) electrons. The maximum Gasteiger partial charge on any atom is 0.352 e. The Hall–Kier alpha value is -4.73. The summed E-state index contributed by atoms with van der Waals surface area (Å²) in [6, 6.07) is 13.4. The molecule has 1 aliphatic rings. The molecule has 2 N–H and O–H groups in total. The Bertz CT molecular complexity index is 2410. The van der Waals surface area contributed by atoms with Gasteiger partial charge in [0.15, 0.2) is 0 Å². The number of carboxylic acids is 1. The van der Waals surface area contributed by atoms with E-state index in [0.717, 1.165) is 71.8 Å². The fourth-order valence-electron chi connectivity index (χ4n) is 7.85. The zero-order valence-electron chi connectivity index (χ0n) is 30.7. The number of aromatic carboxylic acids is 1. The topological polar surface area (TPSA) is 105 Å². The van der Waals surface area contributed by atoms with Crippen LogP contribution in [0, 0.1) is 27.7 Å². The highest BCUT2D eigenvalue weighted by Gasteiger charge is 2.37. The molecule has 52 heavy (non-hydrogen) atoms. The van der Waals surface area contributed by atoms with Crippen molar-refractivity contribution >= 4 is 62.6 Å². The van der Waals surface area contributed by atoms with Gasteiger partial charge in [-0.1, -0.05) is 43.1 Å². The first kappa shape index (κ1) is 35.7. The van der Waals surface area contributed by atoms with Gasteiger partial charge in [-0.3, -0.25) is 9.48 Å². The van der Waals surface area contributed by atoms with Gasteiger partial charge >= 0.3 is 5.97 Å². The normalized spacial score (nSPS) is 14.6. The largest absolute Gasteiger partial charge is 0.494 e. The zero-order chi connectivity index (χ0) is 37.3. The summed E-state index contributed by atoms with van der Waals surface area (Å²) in [4.78, 5) is 32.1. The summed E-state index contributed by atoms with van der Waals surface area (Å²) < 4.78 is 10.3. The van der Waals surface area contributed by atoms with E-state index in [1.807, 2.05) is 80.7 Å². The molecule has 1 atom stereocenters. The van der Waals surface area contributed by atoms with Gasteiger partial charge in [-0.25, -0.2) is 4.79 Å². The van der Waals surface area contributed by atoms with Gasteiger partial charge in [-0.2, -0.15) is 5.10 Å². The van der Waals surface area contributed by atoms with Crippen molar-refractivity contribution in [3.05, 3.63) is 97.5 Å². The highest BCUT2D eigenvalue weighted by atomic mass is 35.5. The summed E-state index contributed by atoms with van der Waals surface area (Å²) in [5.74, 6) is -0.277. The Morgan fingerprint density at radius 1 is 1.06 bits per heavy atom. The fourth-order valence-corrected chi connectivity index (χ4v) is 8.20. The van der Waals surface area contributed by atoms with Crippen molar-refractivity contribution in [2.75, 3.05) is 18.1 Å². The van der Waals surface area contributed by atoms with Crippen LogP contribution in [0.3, 0.4) is 0 Å². The third kappa shape index (κ3) is 5.84. The number of amides is 1. The Morgan fingerprint density at radius 2 is 1.77 bits per heavy atom. The zero-order valence-corrected chi connectivity index (χ0v) is 32.3. The van der Waals surface area contributed by atoms with Crippen LogP contribution in [0.4, 0.5) is 5.69 Å². The van der Waals surface area contributed by atoms with Gasteiger partial charge in [-0.15, -0.1) is 0 Å². The maximum absolute atomic E-state index is 15.1. The SMILES string of the molecule is Cc1cc(OCCCc2c3n(c4c(-c5c(C)nn(C)c5C)c(Cl)ccc24)[C@H](C)CN(c2cc(C(C)C)cc4cc(C(=O)O)[nH]c24)C3=O)cc(C)c1Cl. The van der Waals surface area contributed by atoms with Crippen LogP contribution in [0.25, 0.3) is 32.9 Å². The number of nitrogens with one attached hydrogen (secondary N) is 1. The molecule has 4 heterocycles. The average Bonchev–Trinajstić information content (AvgIpc) is 3.75. The lowest BCUT2D eigenvalue weighted by atomic mass is 9.98. The first-order chi connectivity index (χ1) is 24.7. The van der Waals surface area contributed by atoms with Crippen LogP contribution in [0.5, 0.6) is 5.75 Å². The number of carboxylic acid groups (broad SMARTS) is 1. The molecule has 1 aliphatic heterocycles. The highest BCUT2D eigenvalue weighted by molar-refractivity contribution is 6.35. The van der Waals surface area contributed by atoms with E-state index in [4.69, 9.17) is 33.0 Å². The monoisotopic (exact) mass is 739 g/mol. The van der Waals surface area contributed by atoms with Gasteiger partial charge in [-0.05, 0) is 112 Å². The minimum Gasteiger partial charge on any atom is -0.494 e. The molecule has 0 bridgehead atoms. The van der Waals surface area contributed by atoms with Crippen LogP contribution >= 0.6 is 23.2 Å². The number of aryl methyl sites for hydroxylation is 5. The Labute approximate surface area is 313 Å². The molecular weight excluding hydrogens is 697 g/mol. The maximum atomic E-state index is 15.1. The van der Waals surface area contributed by atoms with Crippen molar-refractivity contribution in [3.63, 3.8) is 0 Å². The van der Waals surface area contributed by atoms with E-state index in [1.54, 1.807) is 6.07 Å². The molecule has 9 nitrogen and oxygen atoms in total. The van der Waals surface area contributed by atoms with Gasteiger partial charge in [0.1, 0.15) is 17.1 Å². The molecule has 6 aromatic rings. The molecule has 0 aliphatic carbocycles. The molecule has 3 aromatic heterocycles. The predicted molar refractivity (Wildman–Crippen MR) is 209 cm³/mol. The number of halogens is 2. The summed E-state index contributed by atoms with van der Waals surface area (Å²) in [6.45, 7) is 15.1. The van der Waals surface area contributed by atoms with E-state index in [-0.39, 0.29) is 23.6 Å². The van der Waals surface area contributed by atoms with E-state index in [2.05, 4.69) is 30.3 Å². The van der Waals surface area contributed by atoms with Crippen LogP contribution in [0.2, 0.25) is 10.0 Å². The van der Waals surface area contributed by atoms with Crippen molar-refractivity contribution in [2.45, 2.75) is 73.3 Å². The third-order valence-corrected chi connectivity index (χ3v) is 11.4. The molecular formula is C41H43Cl2N5O4. The van der Waals surface area contributed by atoms with Gasteiger partial charge in [0, 0.05) is 52.3 Å². The average molecular weight is 741 g/mol. The first-order valence-electron chi connectivity index (χ1n) is 17.6. The number of nitrogens with zero attached hydrogens (tertiary/aromatic N) is 4. The number of aromatic amines is 1. The van der Waals surface area contributed by atoms with Crippen molar-refractivity contribution in [1.82, 2.24) is 19.3 Å². The van der Waals surface area contributed by atoms with Crippen LogP contribution in [-0.2, 0) is 13.5 Å². The number of H-pyrrole nitrogens is 1. The number of carbonyl (C=O) groups excluding carboxylic acids is 1. The van der Waals surface area contributed by atoms with Crippen LogP contribution < -0.4 is 9.64 Å². The summed E-state index contributed by atoms with van der Waals surface area (Å²) >= 11 is 13.5. The van der Waals surface area contributed by atoms with Crippen molar-refractivity contribution < 1.29 is 19.4 Å². The molecule has 0 saturated heterocycles. The van der Waals surface area contributed by atoms with E-state index in [0.29, 0.717) is 47.9 Å². The fraction of sp³-hybridized carbons (Fsp3) is 0.341. The number of fused-ring (bicyclic) bond motifs is 4. The number of ether oxygens (including phenoxy) is 1. The molecule has 1 amide bonds. The second kappa shape index (κ2) is 13.4. The number of benzene rings is 3. The highest BCUT2D eigenvalue weighted by Crippen LogP contribution is 2.46. The minimum atomic E-state index is -1.05. The van der Waals surface area contributed by atoms with Crippen LogP contribution in [0.1, 0.15) is 93.8 Å². The van der Waals surface area contributed by atoms with E-state index >= 15 is 4.79 Å². The Balaban J connectivity index is 1.39. The van der Waals surface area contributed by atoms with Gasteiger partial charge in [0.05, 0.1) is 34.0 Å². The molecule has 0 spiro atoms. The lowest BCUT2D eigenvalue weighted by Crippen LogP contribution is -2.43. The van der Waals surface area contributed by atoms with E-state index in [1.165, 1.54) is 0 Å². The number of anilines is 1. The molecule has 7 rings (SSSR count). The number of hydrogen-bond acceptors (Lipinski definition) is 4. The number of rotatable bonds is 9. The molecule has 11 heteroatoms. The first-order valence-corrected chi connectivity index (χ1v) is 18.4. The van der Waals surface area contributed by atoms with Gasteiger partial charge in [0.25, 0.3) is 5.91 Å². The predicted octanol–water partition coefficient (Wildman–Crippen LogP) is 10.1. The summed E-state index contributed by atoms with van der Waals surface area (Å²) in [7, 11) is 1.93. The summed E-state index contributed by atoms with van der Waals surface area (Å²) in [5, 5.41) is 17.6. The standard InChI is InChI=1S/C41H43Cl2N5O4/c1-20(2)26-16-27-17-32(41(50)51)44-37(27)33(18-26)47-19-23(5)48-38-30(11-12-31(42)35(38)34-24(6)45-46(8)25(34)7)29(39(48)40(47)49)10-9-13-52-28-14-21(3)36(43)22(4)15-28/h11-12,14-18,20,23,44H,9-10,13,19H2,1-8H3,(H,50,51)/t23-/m1/s1. The van der Waals surface area contributed by atoms with Crippen molar-refractivity contribution in [1.29, 1.82) is 0 Å². The van der Waals surface area contributed by atoms with Crippen LogP contribution in [0.15, 0.2) is 42.5 Å². The lowest BCUT2D eigenvalue weighted by molar-refractivity contribution is 0.0691. The van der Waals surface area contributed by atoms with Crippen LogP contribution in [-0.4, -0.2) is 49.5 Å². The Morgan fingerprint density at radius 3 is 2.40 bits per heavy atom. The number of hydrogen-bond donors (Lipinski definition) is 2. The third-order valence-electron chi connectivity index (χ3n) is 10.5. The summed E-state index contributed by atoms with van der Waals surface area (Å²) in [5.41, 5.74) is 10.4. The lowest BCUT2D eigenvalue weighted by Gasteiger charge is -2.35. The Kier molecular flexibility index (Phi) is 9.16.